The molecule has 17 heavy (non-hydrogen) atoms. The highest BCUT2D eigenvalue weighted by Gasteiger charge is 2.23. The van der Waals surface area contributed by atoms with E-state index in [1.54, 1.807) is 0 Å². The fraction of sp³-hybridized carbons (Fsp3) is 0.571. The molecule has 0 saturated carbocycles. The van der Waals surface area contributed by atoms with Crippen LogP contribution in [0.15, 0.2) is 24.3 Å². The molecular weight excluding hydrogens is 214 g/mol. The van der Waals surface area contributed by atoms with Crippen molar-refractivity contribution in [2.75, 3.05) is 6.61 Å². The number of para-hydroxylation sites is 1. The maximum atomic E-state index is 10.2. The van der Waals surface area contributed by atoms with Crippen molar-refractivity contribution in [1.29, 1.82) is 0 Å². The lowest BCUT2D eigenvalue weighted by Gasteiger charge is -2.26. The van der Waals surface area contributed by atoms with Crippen LogP contribution in [0.4, 0.5) is 0 Å². The van der Waals surface area contributed by atoms with E-state index >= 15 is 0 Å². The summed E-state index contributed by atoms with van der Waals surface area (Å²) in [7, 11) is 0. The first-order valence-electron chi connectivity index (χ1n) is 6.22. The molecule has 0 radical (unpaired) electrons. The van der Waals surface area contributed by atoms with E-state index in [2.05, 4.69) is 0 Å². The summed E-state index contributed by atoms with van der Waals surface area (Å²) in [5.74, 6) is 0.767. The Kier molecular flexibility index (Phi) is 4.97. The summed E-state index contributed by atoms with van der Waals surface area (Å²) >= 11 is 0. The third-order valence-electron chi connectivity index (χ3n) is 3.22. The number of aliphatic hydroxyl groups is 1. The van der Waals surface area contributed by atoms with Gasteiger partial charge in [-0.15, -0.1) is 0 Å². The Morgan fingerprint density at radius 1 is 1.29 bits per heavy atom. The molecule has 96 valence electrons. The summed E-state index contributed by atoms with van der Waals surface area (Å²) in [4.78, 5) is 0. The lowest BCUT2D eigenvalue weighted by Crippen LogP contribution is -2.34. The first-order chi connectivity index (χ1) is 8.02. The lowest BCUT2D eigenvalue weighted by molar-refractivity contribution is -0.0116. The summed E-state index contributed by atoms with van der Waals surface area (Å²) in [5, 5.41) is 10.2. The van der Waals surface area contributed by atoms with Gasteiger partial charge in [-0.2, -0.15) is 0 Å². The Labute approximate surface area is 104 Å². The zero-order valence-electron chi connectivity index (χ0n) is 10.9. The fourth-order valence-electron chi connectivity index (χ4n) is 1.65. The van der Waals surface area contributed by atoms with Gasteiger partial charge >= 0.3 is 0 Å². The smallest absolute Gasteiger partial charge is 0.124 e. The Morgan fingerprint density at radius 2 is 1.88 bits per heavy atom. The Bertz CT molecular complexity index is 346. The van der Waals surface area contributed by atoms with Crippen LogP contribution in [0, 0.1) is 0 Å². The predicted octanol–water partition coefficient (Wildman–Crippen LogP) is 2.64. The summed E-state index contributed by atoms with van der Waals surface area (Å²) in [6, 6.07) is 7.64. The molecule has 0 spiro atoms. The fourth-order valence-corrected chi connectivity index (χ4v) is 1.65. The molecule has 0 fully saturated rings. The summed E-state index contributed by atoms with van der Waals surface area (Å²) in [5.41, 5.74) is 6.11. The van der Waals surface area contributed by atoms with Gasteiger partial charge in [0.05, 0.1) is 5.60 Å². The largest absolute Gasteiger partial charge is 0.490 e. The van der Waals surface area contributed by atoms with Crippen molar-refractivity contribution in [2.24, 2.45) is 5.73 Å². The normalized spacial score (nSPS) is 13.5. The van der Waals surface area contributed by atoms with Crippen LogP contribution in [0.1, 0.15) is 45.2 Å². The van der Waals surface area contributed by atoms with Crippen molar-refractivity contribution in [3.05, 3.63) is 29.8 Å². The van der Waals surface area contributed by atoms with E-state index in [4.69, 9.17) is 10.5 Å². The van der Waals surface area contributed by atoms with Gasteiger partial charge in [0.15, 0.2) is 0 Å². The average Bonchev–Trinajstić information content (AvgIpc) is 2.36. The van der Waals surface area contributed by atoms with Crippen molar-refractivity contribution in [2.45, 2.75) is 45.3 Å². The molecule has 3 N–H and O–H groups in total. The topological polar surface area (TPSA) is 55.5 Å². The average molecular weight is 237 g/mol. The van der Waals surface area contributed by atoms with E-state index in [9.17, 15) is 5.11 Å². The molecule has 1 atom stereocenters. The second kappa shape index (κ2) is 6.03. The number of benzene rings is 1. The number of hydrogen-bond acceptors (Lipinski definition) is 3. The van der Waals surface area contributed by atoms with Crippen molar-refractivity contribution in [3.63, 3.8) is 0 Å². The quantitative estimate of drug-likeness (QED) is 0.799. The van der Waals surface area contributed by atoms with E-state index in [1.807, 2.05) is 45.0 Å². The molecule has 3 nitrogen and oxygen atoms in total. The molecule has 0 aliphatic heterocycles. The highest BCUT2D eigenvalue weighted by atomic mass is 16.5. The second-order valence-electron chi connectivity index (χ2n) is 4.55. The molecule has 0 aliphatic rings. The third kappa shape index (κ3) is 3.72. The van der Waals surface area contributed by atoms with E-state index in [0.29, 0.717) is 19.4 Å². The standard InChI is InChI=1S/C14H23NO2/c1-4-14(16,5-2)10-17-13-9-7-6-8-12(13)11(3)15/h6-9,11,16H,4-5,10,15H2,1-3H3/t11-/m0/s1. The van der Waals surface area contributed by atoms with Gasteiger partial charge in [0.25, 0.3) is 0 Å². The SMILES string of the molecule is CCC(O)(CC)COc1ccccc1[C@H](C)N. The van der Waals surface area contributed by atoms with E-state index in [1.165, 1.54) is 0 Å². The van der Waals surface area contributed by atoms with E-state index in [-0.39, 0.29) is 6.04 Å². The molecule has 0 aromatic heterocycles. The van der Waals surface area contributed by atoms with Crippen LogP contribution in [0.25, 0.3) is 0 Å². The Morgan fingerprint density at radius 3 is 2.41 bits per heavy atom. The van der Waals surface area contributed by atoms with Crippen molar-refractivity contribution in [1.82, 2.24) is 0 Å². The molecule has 0 unspecified atom stereocenters. The minimum Gasteiger partial charge on any atom is -0.490 e. The summed E-state index contributed by atoms with van der Waals surface area (Å²) in [6.45, 7) is 6.16. The van der Waals surface area contributed by atoms with Crippen molar-refractivity contribution in [3.8, 4) is 5.75 Å². The van der Waals surface area contributed by atoms with Crippen molar-refractivity contribution >= 4 is 0 Å². The minimum absolute atomic E-state index is 0.0671. The molecule has 0 amide bonds. The highest BCUT2D eigenvalue weighted by Crippen LogP contribution is 2.25. The lowest BCUT2D eigenvalue weighted by atomic mass is 9.99. The van der Waals surface area contributed by atoms with Gasteiger partial charge in [-0.3, -0.25) is 0 Å². The minimum atomic E-state index is -0.745. The van der Waals surface area contributed by atoms with Gasteiger partial charge in [0.2, 0.25) is 0 Å². The first-order valence-corrected chi connectivity index (χ1v) is 6.22. The molecule has 3 heteroatoms. The molecule has 0 aliphatic carbocycles. The molecular formula is C14H23NO2. The zero-order valence-corrected chi connectivity index (χ0v) is 10.9. The molecule has 0 heterocycles. The number of rotatable bonds is 6. The monoisotopic (exact) mass is 237 g/mol. The molecule has 0 saturated heterocycles. The zero-order chi connectivity index (χ0) is 12.9. The Balaban J connectivity index is 2.75. The van der Waals surface area contributed by atoms with E-state index in [0.717, 1.165) is 11.3 Å². The third-order valence-corrected chi connectivity index (χ3v) is 3.22. The number of nitrogens with two attached hydrogens (primary N) is 1. The number of hydrogen-bond donors (Lipinski definition) is 2. The molecule has 0 bridgehead atoms. The number of ether oxygens (including phenoxy) is 1. The maximum absolute atomic E-state index is 10.2. The van der Waals surface area contributed by atoms with Crippen LogP contribution in [-0.4, -0.2) is 17.3 Å². The van der Waals surface area contributed by atoms with Crippen LogP contribution in [0.3, 0.4) is 0 Å². The molecule has 1 rings (SSSR count). The summed E-state index contributed by atoms with van der Waals surface area (Å²) < 4.78 is 5.72. The van der Waals surface area contributed by atoms with Gasteiger partial charge in [0.1, 0.15) is 12.4 Å². The maximum Gasteiger partial charge on any atom is 0.124 e. The van der Waals surface area contributed by atoms with Crippen molar-refractivity contribution < 1.29 is 9.84 Å². The van der Waals surface area contributed by atoms with Gasteiger partial charge < -0.3 is 15.6 Å². The van der Waals surface area contributed by atoms with Crippen LogP contribution in [0.5, 0.6) is 5.75 Å². The van der Waals surface area contributed by atoms with Gasteiger partial charge in [-0.25, -0.2) is 0 Å². The molecule has 1 aromatic carbocycles. The van der Waals surface area contributed by atoms with Crippen LogP contribution in [-0.2, 0) is 0 Å². The van der Waals surface area contributed by atoms with Gasteiger partial charge in [-0.05, 0) is 25.8 Å². The van der Waals surface area contributed by atoms with Gasteiger partial charge in [0, 0.05) is 11.6 Å². The second-order valence-corrected chi connectivity index (χ2v) is 4.55. The van der Waals surface area contributed by atoms with Gasteiger partial charge in [-0.1, -0.05) is 32.0 Å². The Hall–Kier alpha value is -1.06. The first kappa shape index (κ1) is 14.0. The summed E-state index contributed by atoms with van der Waals surface area (Å²) in [6.07, 6.45) is 1.37. The van der Waals surface area contributed by atoms with E-state index < -0.39 is 5.60 Å². The predicted molar refractivity (Wildman–Crippen MR) is 70.1 cm³/mol. The van der Waals surface area contributed by atoms with Crippen LogP contribution >= 0.6 is 0 Å². The van der Waals surface area contributed by atoms with Crippen LogP contribution < -0.4 is 10.5 Å². The van der Waals surface area contributed by atoms with Crippen LogP contribution in [0.2, 0.25) is 0 Å². The highest BCUT2D eigenvalue weighted by molar-refractivity contribution is 5.35. The molecule has 1 aromatic rings.